The molecule has 1 saturated heterocycles. The van der Waals surface area contributed by atoms with E-state index in [9.17, 15) is 4.79 Å². The summed E-state index contributed by atoms with van der Waals surface area (Å²) in [5.74, 6) is 1.90. The van der Waals surface area contributed by atoms with Crippen molar-refractivity contribution in [3.05, 3.63) is 46.9 Å². The number of aromatic nitrogens is 2. The molecule has 2 unspecified atom stereocenters. The van der Waals surface area contributed by atoms with Crippen LogP contribution in [0.3, 0.4) is 0 Å². The highest BCUT2D eigenvalue weighted by atomic mass is 127. The molecule has 7 nitrogen and oxygen atoms in total. The van der Waals surface area contributed by atoms with Crippen LogP contribution in [-0.4, -0.2) is 53.8 Å². The molecule has 0 amide bonds. The van der Waals surface area contributed by atoms with E-state index in [2.05, 4.69) is 15.2 Å². The largest absolute Gasteiger partial charge is 0.496 e. The smallest absolute Gasteiger partial charge is 0.337 e. The fourth-order valence-electron chi connectivity index (χ4n) is 5.87. The SMILES string of the molecule is COc1cc(CCCCC(F)[C@@H]2CCN(C(C(=O)OI)c3cccnc3C3CC3)C2)nc2c1CCCN2. The van der Waals surface area contributed by atoms with E-state index in [1.165, 1.54) is 0 Å². The molecule has 1 saturated carbocycles. The lowest BCUT2D eigenvalue weighted by molar-refractivity contribution is -0.137. The van der Waals surface area contributed by atoms with Crippen LogP contribution in [0.15, 0.2) is 24.4 Å². The molecule has 2 aromatic rings. The summed E-state index contributed by atoms with van der Waals surface area (Å²) in [7, 11) is 1.71. The Hall–Kier alpha value is -2.01. The predicted octanol–water partition coefficient (Wildman–Crippen LogP) is 5.73. The van der Waals surface area contributed by atoms with Gasteiger partial charge in [0.05, 0.1) is 7.11 Å². The lowest BCUT2D eigenvalue weighted by Crippen LogP contribution is -2.34. The molecule has 0 radical (unpaired) electrons. The summed E-state index contributed by atoms with van der Waals surface area (Å²) in [5.41, 5.74) is 4.07. The Kier molecular flexibility index (Phi) is 8.79. The lowest BCUT2D eigenvalue weighted by Gasteiger charge is -2.27. The van der Waals surface area contributed by atoms with Crippen LogP contribution in [0.25, 0.3) is 0 Å². The molecule has 0 bridgehead atoms. The van der Waals surface area contributed by atoms with Crippen molar-refractivity contribution in [3.8, 4) is 5.75 Å². The van der Waals surface area contributed by atoms with Gasteiger partial charge in [-0.1, -0.05) is 12.5 Å². The number of ether oxygens (including phenoxy) is 1. The number of pyridine rings is 2. The number of aryl methyl sites for hydroxylation is 1. The minimum Gasteiger partial charge on any atom is -0.496 e. The van der Waals surface area contributed by atoms with E-state index in [-0.39, 0.29) is 11.9 Å². The third-order valence-corrected chi connectivity index (χ3v) is 8.41. The third-order valence-electron chi connectivity index (χ3n) is 7.98. The molecule has 3 aliphatic rings. The van der Waals surface area contributed by atoms with Crippen LogP contribution in [0.1, 0.15) is 79.4 Å². The molecular formula is C28H36FIN4O3. The van der Waals surface area contributed by atoms with E-state index in [1.54, 1.807) is 36.3 Å². The zero-order valence-corrected chi connectivity index (χ0v) is 23.6. The van der Waals surface area contributed by atoms with E-state index >= 15 is 4.39 Å². The molecule has 2 fully saturated rings. The van der Waals surface area contributed by atoms with E-state index in [1.807, 2.05) is 18.2 Å². The number of nitrogens with one attached hydrogen (secondary N) is 1. The highest BCUT2D eigenvalue weighted by Crippen LogP contribution is 2.44. The Bertz CT molecular complexity index is 1080. The van der Waals surface area contributed by atoms with Gasteiger partial charge in [0.2, 0.25) is 0 Å². The number of rotatable bonds is 11. The maximum Gasteiger partial charge on any atom is 0.337 e. The van der Waals surface area contributed by atoms with Crippen LogP contribution in [0.2, 0.25) is 0 Å². The van der Waals surface area contributed by atoms with Crippen molar-refractivity contribution in [3.63, 3.8) is 0 Å². The van der Waals surface area contributed by atoms with Gasteiger partial charge in [0.15, 0.2) is 23.0 Å². The van der Waals surface area contributed by atoms with Gasteiger partial charge in [-0.3, -0.25) is 9.88 Å². The van der Waals surface area contributed by atoms with Crippen LogP contribution in [0, 0.1) is 5.92 Å². The summed E-state index contributed by atoms with van der Waals surface area (Å²) < 4.78 is 26.1. The maximum atomic E-state index is 15.3. The summed E-state index contributed by atoms with van der Waals surface area (Å²) in [4.78, 5) is 24.3. The Morgan fingerprint density at radius 2 is 2.19 bits per heavy atom. The number of hydrogen-bond donors (Lipinski definition) is 1. The second kappa shape index (κ2) is 12.2. The molecule has 37 heavy (non-hydrogen) atoms. The van der Waals surface area contributed by atoms with E-state index in [0.717, 1.165) is 92.0 Å². The van der Waals surface area contributed by atoms with Crippen LogP contribution in [-0.2, 0) is 20.7 Å². The van der Waals surface area contributed by atoms with Gasteiger partial charge < -0.3 is 13.1 Å². The van der Waals surface area contributed by atoms with Gasteiger partial charge in [-0.25, -0.2) is 14.2 Å². The predicted molar refractivity (Wildman–Crippen MR) is 149 cm³/mol. The maximum absolute atomic E-state index is 15.3. The minimum atomic E-state index is -0.884. The first-order valence-corrected chi connectivity index (χ1v) is 14.4. The Morgan fingerprint density at radius 1 is 1.32 bits per heavy atom. The first-order valence-electron chi connectivity index (χ1n) is 13.5. The van der Waals surface area contributed by atoms with E-state index in [0.29, 0.717) is 25.4 Å². The number of hydrogen-bond acceptors (Lipinski definition) is 7. The van der Waals surface area contributed by atoms with Crippen molar-refractivity contribution >= 4 is 34.8 Å². The van der Waals surface area contributed by atoms with Gasteiger partial charge in [-0.2, -0.15) is 0 Å². The van der Waals surface area contributed by atoms with Crippen LogP contribution < -0.4 is 10.1 Å². The van der Waals surface area contributed by atoms with Gasteiger partial charge >= 0.3 is 5.97 Å². The van der Waals surface area contributed by atoms with Crippen LogP contribution >= 0.6 is 23.0 Å². The van der Waals surface area contributed by atoms with Crippen molar-refractivity contribution in [1.82, 2.24) is 14.9 Å². The van der Waals surface area contributed by atoms with Crippen molar-refractivity contribution in [2.24, 2.45) is 5.92 Å². The fourth-order valence-corrected chi connectivity index (χ4v) is 6.11. The molecule has 3 atom stereocenters. The monoisotopic (exact) mass is 622 g/mol. The van der Waals surface area contributed by atoms with Crippen LogP contribution in [0.4, 0.5) is 10.2 Å². The zero-order chi connectivity index (χ0) is 25.8. The number of anilines is 1. The first-order chi connectivity index (χ1) is 18.1. The van der Waals surface area contributed by atoms with Gasteiger partial charge in [-0.15, -0.1) is 0 Å². The molecule has 2 aliphatic heterocycles. The molecule has 0 spiro atoms. The number of carbonyl (C=O) groups excluding carboxylic acids is 1. The number of likely N-dealkylation sites (tertiary alicyclic amines) is 1. The van der Waals surface area contributed by atoms with Crippen molar-refractivity contribution in [1.29, 1.82) is 0 Å². The van der Waals surface area contributed by atoms with Crippen molar-refractivity contribution in [2.75, 3.05) is 32.1 Å². The standard InChI is InChI=1S/C28H36FIN4O3/c1-36-24-16-20(33-27-21(24)7-4-14-32-27)6-2-3-9-23(29)19-12-15-34(17-19)26(28(35)37-30)22-8-5-13-31-25(22)18-10-11-18/h5,8,13,16,18-19,23,26H,2-4,6-7,9-12,14-15,17H2,1H3,(H,32,33)/t19-,23?,26?/m1/s1. The third kappa shape index (κ3) is 6.19. The second-order valence-electron chi connectivity index (χ2n) is 10.5. The summed E-state index contributed by atoms with van der Waals surface area (Å²) in [5, 5.41) is 3.38. The van der Waals surface area contributed by atoms with Crippen LogP contribution in [0.5, 0.6) is 5.75 Å². The lowest BCUT2D eigenvalue weighted by atomic mass is 9.97. The molecule has 1 N–H and O–H groups in total. The number of fused-ring (bicyclic) bond motifs is 1. The molecule has 2 aromatic heterocycles. The van der Waals surface area contributed by atoms with Gasteiger partial charge in [0, 0.05) is 59.7 Å². The fraction of sp³-hybridized carbons (Fsp3) is 0.607. The Balaban J connectivity index is 1.15. The highest BCUT2D eigenvalue weighted by molar-refractivity contribution is 14.1. The minimum absolute atomic E-state index is 0.0725. The normalized spacial score (nSPS) is 21.1. The Morgan fingerprint density at radius 3 is 2.97 bits per heavy atom. The number of methoxy groups -OCH3 is 1. The van der Waals surface area contributed by atoms with Gasteiger partial charge in [-0.05, 0) is 64.0 Å². The van der Waals surface area contributed by atoms with Gasteiger partial charge in [0.1, 0.15) is 23.8 Å². The zero-order valence-electron chi connectivity index (χ0n) is 21.4. The number of nitrogens with zero attached hydrogens (tertiary/aromatic N) is 3. The molecule has 5 rings (SSSR count). The highest BCUT2D eigenvalue weighted by Gasteiger charge is 2.40. The average Bonchev–Trinajstić information content (AvgIpc) is 3.67. The van der Waals surface area contributed by atoms with E-state index in [4.69, 9.17) is 12.8 Å². The molecular weight excluding hydrogens is 586 g/mol. The molecule has 200 valence electrons. The summed E-state index contributed by atoms with van der Waals surface area (Å²) in [6.45, 7) is 2.19. The number of carbonyl (C=O) groups is 1. The number of unbranched alkanes of at least 4 members (excludes halogenated alkanes) is 1. The van der Waals surface area contributed by atoms with Crippen molar-refractivity contribution in [2.45, 2.75) is 75.9 Å². The molecule has 4 heterocycles. The van der Waals surface area contributed by atoms with Gasteiger partial charge in [0.25, 0.3) is 0 Å². The van der Waals surface area contributed by atoms with E-state index < -0.39 is 12.2 Å². The molecule has 0 aromatic carbocycles. The average molecular weight is 623 g/mol. The topological polar surface area (TPSA) is 76.6 Å². The van der Waals surface area contributed by atoms with Crippen molar-refractivity contribution < 1.29 is 17.0 Å². The molecule has 9 heteroatoms. The number of halogens is 2. The quantitative estimate of drug-likeness (QED) is 0.254. The second-order valence-corrected chi connectivity index (χ2v) is 11.0. The first kappa shape index (κ1) is 26.6. The Labute approximate surface area is 232 Å². The number of alkyl halides is 1. The summed E-state index contributed by atoms with van der Waals surface area (Å²) in [6.07, 6.45) is 8.97. The summed E-state index contributed by atoms with van der Waals surface area (Å²) >= 11 is 1.66. The summed E-state index contributed by atoms with van der Waals surface area (Å²) in [6, 6.07) is 5.38. The molecule has 1 aliphatic carbocycles.